The quantitative estimate of drug-likeness (QED) is 0.569. The lowest BCUT2D eigenvalue weighted by atomic mass is 9.87. The fourth-order valence-electron chi connectivity index (χ4n) is 3.19. The molecule has 0 bridgehead atoms. The van der Waals surface area contributed by atoms with Gasteiger partial charge in [-0.15, -0.1) is 0 Å². The number of alkyl halides is 1. The summed E-state index contributed by atoms with van der Waals surface area (Å²) in [4.78, 5) is 0. The van der Waals surface area contributed by atoms with Gasteiger partial charge in [0.05, 0.1) is 24.4 Å². The van der Waals surface area contributed by atoms with E-state index >= 15 is 0 Å². The third-order valence-electron chi connectivity index (χ3n) is 4.16. The molecule has 2 aliphatic rings. The van der Waals surface area contributed by atoms with Crippen LogP contribution >= 0.6 is 22.6 Å². The van der Waals surface area contributed by atoms with E-state index in [4.69, 9.17) is 19.8 Å². The molecule has 0 amide bonds. The summed E-state index contributed by atoms with van der Waals surface area (Å²) in [5.41, 5.74) is -0.154. The van der Waals surface area contributed by atoms with Gasteiger partial charge in [0.25, 0.3) is 0 Å². The van der Waals surface area contributed by atoms with Crippen LogP contribution in [0.4, 0.5) is 0 Å². The number of nitriles is 1. The summed E-state index contributed by atoms with van der Waals surface area (Å²) in [5, 5.41) is 17.6. The number of halogens is 1. The third-order valence-corrected chi connectivity index (χ3v) is 5.45. The molecule has 0 radical (unpaired) electrons. The van der Waals surface area contributed by atoms with E-state index in [-0.39, 0.29) is 30.5 Å². The highest BCUT2D eigenvalue weighted by molar-refractivity contribution is 14.1. The number of nitrogens with zero attached hydrogens (tertiary/aromatic N) is 1. The molecular weight excluding hydrogens is 357 g/mol. The Morgan fingerprint density at radius 3 is 2.84 bits per heavy atom. The lowest BCUT2D eigenvalue weighted by Crippen LogP contribution is -2.49. The molecule has 108 valence electrons. The molecule has 1 N–H and O–H groups in total. The van der Waals surface area contributed by atoms with Gasteiger partial charge in [0.1, 0.15) is 5.60 Å². The van der Waals surface area contributed by atoms with E-state index in [2.05, 4.69) is 28.7 Å². The minimum absolute atomic E-state index is 0.154. The van der Waals surface area contributed by atoms with Crippen molar-refractivity contribution in [2.75, 3.05) is 11.0 Å². The van der Waals surface area contributed by atoms with Crippen LogP contribution < -0.4 is 0 Å². The number of aliphatic hydroxyl groups excluding tert-OH is 1. The van der Waals surface area contributed by atoms with Crippen molar-refractivity contribution < 1.29 is 14.6 Å². The molecule has 4 atom stereocenters. The summed E-state index contributed by atoms with van der Waals surface area (Å²) >= 11 is 2.39. The Morgan fingerprint density at radius 2 is 2.16 bits per heavy atom. The van der Waals surface area contributed by atoms with Crippen molar-refractivity contribution in [3.63, 3.8) is 0 Å². The largest absolute Gasteiger partial charge is 0.396 e. The van der Waals surface area contributed by atoms with Gasteiger partial charge < -0.3 is 14.6 Å². The van der Waals surface area contributed by atoms with Gasteiger partial charge in [-0.1, -0.05) is 22.6 Å². The van der Waals surface area contributed by atoms with Gasteiger partial charge in [0.2, 0.25) is 0 Å². The van der Waals surface area contributed by atoms with Crippen LogP contribution in [-0.4, -0.2) is 40.1 Å². The van der Waals surface area contributed by atoms with E-state index in [1.165, 1.54) is 0 Å². The van der Waals surface area contributed by atoms with Crippen LogP contribution in [0.1, 0.15) is 44.9 Å². The predicted molar refractivity (Wildman–Crippen MR) is 80.2 cm³/mol. The third kappa shape index (κ3) is 3.60. The van der Waals surface area contributed by atoms with Gasteiger partial charge in [-0.25, -0.2) is 0 Å². The minimum Gasteiger partial charge on any atom is -0.396 e. The van der Waals surface area contributed by atoms with E-state index in [0.717, 1.165) is 43.0 Å². The van der Waals surface area contributed by atoms with E-state index < -0.39 is 0 Å². The number of hydrogen-bond donors (Lipinski definition) is 1. The van der Waals surface area contributed by atoms with E-state index in [1.807, 2.05) is 0 Å². The average Bonchev–Trinajstić information content (AvgIpc) is 2.81. The molecule has 2 heterocycles. The molecule has 0 aromatic heterocycles. The smallest absolute Gasteiger partial charge is 0.106 e. The lowest BCUT2D eigenvalue weighted by Gasteiger charge is -2.41. The number of aliphatic hydroxyl groups is 1. The van der Waals surface area contributed by atoms with Crippen molar-refractivity contribution in [2.24, 2.45) is 0 Å². The fourth-order valence-corrected chi connectivity index (χ4v) is 4.18. The van der Waals surface area contributed by atoms with Crippen LogP contribution in [0.2, 0.25) is 0 Å². The molecule has 2 fully saturated rings. The van der Waals surface area contributed by atoms with E-state index in [0.29, 0.717) is 6.42 Å². The average molecular weight is 379 g/mol. The molecule has 19 heavy (non-hydrogen) atoms. The van der Waals surface area contributed by atoms with Gasteiger partial charge in [-0.3, -0.25) is 0 Å². The Balaban J connectivity index is 1.95. The molecular formula is C14H22INO3. The number of fused-ring (bicyclic) bond motifs is 1. The van der Waals surface area contributed by atoms with Crippen LogP contribution in [0.15, 0.2) is 0 Å². The minimum atomic E-state index is -0.154. The first kappa shape index (κ1) is 15.5. The first-order valence-electron chi connectivity index (χ1n) is 7.11. The fraction of sp³-hybridized carbons (Fsp3) is 0.929. The molecule has 2 saturated heterocycles. The van der Waals surface area contributed by atoms with Crippen LogP contribution in [0, 0.1) is 11.3 Å². The van der Waals surface area contributed by atoms with E-state index in [9.17, 15) is 0 Å². The number of rotatable bonds is 6. The Bertz CT molecular complexity index is 333. The van der Waals surface area contributed by atoms with Gasteiger partial charge >= 0.3 is 0 Å². The zero-order valence-electron chi connectivity index (χ0n) is 11.2. The molecule has 4 nitrogen and oxygen atoms in total. The van der Waals surface area contributed by atoms with Crippen molar-refractivity contribution >= 4 is 22.6 Å². The first-order valence-corrected chi connectivity index (χ1v) is 8.63. The first-order chi connectivity index (χ1) is 9.24. The summed E-state index contributed by atoms with van der Waals surface area (Å²) in [6.45, 7) is 0.230. The Hall–Kier alpha value is 0.1000. The zero-order valence-corrected chi connectivity index (χ0v) is 13.3. The number of hydrogen-bond acceptors (Lipinski definition) is 4. The summed E-state index contributed by atoms with van der Waals surface area (Å²) in [7, 11) is 0. The second-order valence-corrected chi connectivity index (χ2v) is 6.29. The Labute approximate surface area is 128 Å². The zero-order chi connectivity index (χ0) is 13.7. The second-order valence-electron chi connectivity index (χ2n) is 5.53. The standard InChI is InChI=1S/C14H22INO3/c15-10-14-9-12(4-2-8-17)18-13(14)6-5-11(19-14)3-1-7-16/h11-13,17H,1-6,8-10H2/t11-,12-,13?,14?/m0/s1. The van der Waals surface area contributed by atoms with Crippen molar-refractivity contribution in [3.05, 3.63) is 0 Å². The highest BCUT2D eigenvalue weighted by atomic mass is 127. The molecule has 0 aromatic rings. The SMILES string of the molecule is N#CCC[C@H]1CCC2O[C@@H](CCCO)CC2(CI)O1. The van der Waals surface area contributed by atoms with Crippen LogP contribution in [0.25, 0.3) is 0 Å². The maximum Gasteiger partial charge on any atom is 0.106 e. The summed E-state index contributed by atoms with van der Waals surface area (Å²) < 4.78 is 13.4. The molecule has 2 aliphatic heterocycles. The van der Waals surface area contributed by atoms with E-state index in [1.54, 1.807) is 0 Å². The predicted octanol–water partition coefficient (Wildman–Crippen LogP) is 2.57. The van der Waals surface area contributed by atoms with Gasteiger partial charge in [0, 0.05) is 23.9 Å². The maximum absolute atomic E-state index is 8.93. The Morgan fingerprint density at radius 1 is 1.32 bits per heavy atom. The summed E-state index contributed by atoms with van der Waals surface area (Å²) in [6.07, 6.45) is 6.73. The van der Waals surface area contributed by atoms with Crippen molar-refractivity contribution in [1.29, 1.82) is 5.26 Å². The molecule has 0 spiro atoms. The molecule has 0 aliphatic carbocycles. The molecule has 2 rings (SSSR count). The lowest BCUT2D eigenvalue weighted by molar-refractivity contribution is -0.153. The molecule has 2 unspecified atom stereocenters. The van der Waals surface area contributed by atoms with Crippen LogP contribution in [0.5, 0.6) is 0 Å². The Kier molecular flexibility index (Phi) is 5.87. The molecule has 0 saturated carbocycles. The van der Waals surface area contributed by atoms with Gasteiger partial charge in [-0.05, 0) is 32.1 Å². The highest BCUT2D eigenvalue weighted by Crippen LogP contribution is 2.44. The van der Waals surface area contributed by atoms with Gasteiger partial charge in [0.15, 0.2) is 0 Å². The topological polar surface area (TPSA) is 62.5 Å². The van der Waals surface area contributed by atoms with Gasteiger partial charge in [-0.2, -0.15) is 5.26 Å². The second kappa shape index (κ2) is 7.21. The normalized spacial score (nSPS) is 37.8. The van der Waals surface area contributed by atoms with Crippen molar-refractivity contribution in [2.45, 2.75) is 68.9 Å². The van der Waals surface area contributed by atoms with Crippen LogP contribution in [-0.2, 0) is 9.47 Å². The van der Waals surface area contributed by atoms with Crippen molar-refractivity contribution in [1.82, 2.24) is 0 Å². The maximum atomic E-state index is 8.93. The molecule has 5 heteroatoms. The number of ether oxygens (including phenoxy) is 2. The monoisotopic (exact) mass is 379 g/mol. The highest BCUT2D eigenvalue weighted by Gasteiger charge is 2.51. The van der Waals surface area contributed by atoms with Crippen molar-refractivity contribution in [3.8, 4) is 6.07 Å². The summed E-state index contributed by atoms with van der Waals surface area (Å²) in [5.74, 6) is 0. The summed E-state index contributed by atoms with van der Waals surface area (Å²) in [6, 6.07) is 2.20. The van der Waals surface area contributed by atoms with Crippen LogP contribution in [0.3, 0.4) is 0 Å². The molecule has 0 aromatic carbocycles.